The van der Waals surface area contributed by atoms with E-state index in [1.807, 2.05) is 30.3 Å². The van der Waals surface area contributed by atoms with Crippen LogP contribution in [0.2, 0.25) is 0 Å². The number of aryl methyl sites for hydroxylation is 4. The van der Waals surface area contributed by atoms with Gasteiger partial charge in [0.1, 0.15) is 18.7 Å². The van der Waals surface area contributed by atoms with Gasteiger partial charge in [-0.05, 0) is 98.2 Å². The Morgan fingerprint density at radius 2 is 0.853 bits per heavy atom. The van der Waals surface area contributed by atoms with Crippen LogP contribution >= 0.6 is 0 Å². The van der Waals surface area contributed by atoms with E-state index in [9.17, 15) is 24.0 Å². The van der Waals surface area contributed by atoms with Gasteiger partial charge < -0.3 is 40.9 Å². The first kappa shape index (κ1) is 55.8. The molecule has 0 aliphatic heterocycles. The molecule has 0 bridgehead atoms. The molecule has 0 aromatic heterocycles. The average Bonchev–Trinajstić information content (AvgIpc) is 3.37. The van der Waals surface area contributed by atoms with Gasteiger partial charge in [-0.1, -0.05) is 93.6 Å². The molecule has 0 amide bonds. The van der Waals surface area contributed by atoms with E-state index in [0.717, 1.165) is 66.2 Å². The van der Waals surface area contributed by atoms with E-state index in [1.54, 1.807) is 0 Å². The van der Waals surface area contributed by atoms with Gasteiger partial charge in [0.05, 0.1) is 13.2 Å². The van der Waals surface area contributed by atoms with Crippen molar-refractivity contribution in [1.29, 1.82) is 0 Å². The maximum Gasteiger partial charge on any atom is 0.504 e. The Morgan fingerprint density at radius 1 is 0.485 bits per heavy atom. The van der Waals surface area contributed by atoms with Gasteiger partial charge in [-0.2, -0.15) is 0 Å². The maximum absolute atomic E-state index is 11.3. The fourth-order valence-electron chi connectivity index (χ4n) is 6.10. The molecule has 0 radical (unpaired) electrons. The molecule has 0 saturated carbocycles. The fraction of sp³-hybridized carbons (Fsp3) is 0.220. The summed E-state index contributed by atoms with van der Waals surface area (Å²) in [5, 5.41) is 0.725. The number of benzene rings is 4. The molecule has 4 aromatic rings. The third kappa shape index (κ3) is 20.1. The zero-order valence-corrected chi connectivity index (χ0v) is 44.1. The van der Waals surface area contributed by atoms with Gasteiger partial charge in [-0.15, -0.1) is 0 Å². The number of ether oxygens (including phenoxy) is 5. The first-order chi connectivity index (χ1) is 32.9. The number of hydrogen-bond donors (Lipinski definition) is 0. The van der Waals surface area contributed by atoms with Crippen LogP contribution in [0.25, 0.3) is 0 Å². The smallest absolute Gasteiger partial charge is 0.464 e. The van der Waals surface area contributed by atoms with Crippen LogP contribution in [0.5, 0.6) is 0 Å². The number of rotatable bonds is 29. The van der Waals surface area contributed by atoms with E-state index in [1.165, 1.54) is 34.4 Å². The van der Waals surface area contributed by atoms with Gasteiger partial charge in [-0.25, -0.2) is 24.0 Å². The van der Waals surface area contributed by atoms with Crippen LogP contribution in [0.3, 0.4) is 0 Å². The highest BCUT2D eigenvalue weighted by molar-refractivity contribution is 6.84. The maximum atomic E-state index is 11.3. The van der Waals surface area contributed by atoms with Gasteiger partial charge in [0, 0.05) is 52.6 Å². The Bertz CT molecular complexity index is 2150. The number of hydrogen-bond acceptors (Lipinski definition) is 14. The molecule has 360 valence electrons. The van der Waals surface area contributed by atoms with Crippen molar-refractivity contribution >= 4 is 90.2 Å². The summed E-state index contributed by atoms with van der Waals surface area (Å²) < 4.78 is 43.7. The van der Waals surface area contributed by atoms with Gasteiger partial charge in [0.15, 0.2) is 29.3 Å². The highest BCUT2D eigenvalue weighted by Gasteiger charge is 2.42. The van der Waals surface area contributed by atoms with Gasteiger partial charge in [0.2, 0.25) is 0 Å². The van der Waals surface area contributed by atoms with Crippen molar-refractivity contribution in [2.45, 2.75) is 39.5 Å². The summed E-state index contributed by atoms with van der Waals surface area (Å²) in [6.45, 7) is 21.9. The van der Waals surface area contributed by atoms with Crippen LogP contribution in [-0.2, 0) is 72.8 Å². The number of esters is 5. The minimum Gasteiger partial charge on any atom is -0.464 e. The first-order valence-electron chi connectivity index (χ1n) is 21.9. The lowest BCUT2D eigenvalue weighted by Crippen LogP contribution is -2.59. The normalized spacial score (nSPS) is 11.7. The molecule has 18 heteroatoms. The van der Waals surface area contributed by atoms with Crippen molar-refractivity contribution in [1.82, 2.24) is 0 Å². The Labute approximate surface area is 407 Å². The monoisotopic (exact) mass is 995 g/mol. The minimum absolute atomic E-state index is 0.110. The molecule has 0 aliphatic carbocycles. The lowest BCUT2D eigenvalue weighted by molar-refractivity contribution is -0.138. The topological polar surface area (TPSA) is 162 Å². The van der Waals surface area contributed by atoms with E-state index in [-0.39, 0.29) is 30.6 Å². The number of carbonyl (C=O) groups excluding carboxylic acids is 5. The molecule has 0 fully saturated rings. The molecule has 0 spiro atoms. The second-order valence-electron chi connectivity index (χ2n) is 14.5. The van der Waals surface area contributed by atoms with Crippen LogP contribution < -0.4 is 10.1 Å². The van der Waals surface area contributed by atoms with Gasteiger partial charge >= 0.3 is 38.7 Å². The molecule has 0 saturated heterocycles. The Kier molecular flexibility index (Phi) is 25.8. The van der Waals surface area contributed by atoms with Crippen LogP contribution in [-0.4, -0.2) is 99.8 Å². The van der Waals surface area contributed by atoms with Gasteiger partial charge in [0.25, 0.3) is 0 Å². The minimum atomic E-state index is -3.38. The van der Waals surface area contributed by atoms with Crippen molar-refractivity contribution in [2.24, 2.45) is 0 Å². The highest BCUT2D eigenvalue weighted by Crippen LogP contribution is 2.36. The van der Waals surface area contributed by atoms with Crippen LogP contribution in [0.4, 0.5) is 17.1 Å². The van der Waals surface area contributed by atoms with Crippen molar-refractivity contribution in [3.8, 4) is 0 Å². The average molecular weight is 996 g/mol. The molecule has 4 aromatic carbocycles. The third-order valence-electron chi connectivity index (χ3n) is 9.67. The summed E-state index contributed by atoms with van der Waals surface area (Å²) in [7, 11) is -7.52. The van der Waals surface area contributed by atoms with E-state index in [2.05, 4.69) is 118 Å². The quantitative estimate of drug-likeness (QED) is 0.0227. The molecular formula is C50H61NO13Si4. The third-order valence-corrected chi connectivity index (χ3v) is 18.8. The van der Waals surface area contributed by atoms with Gasteiger partial charge in [-0.3, -0.25) is 0 Å². The Morgan fingerprint density at radius 3 is 1.22 bits per heavy atom. The molecule has 0 N–H and O–H groups in total. The van der Waals surface area contributed by atoms with E-state index in [0.29, 0.717) is 13.2 Å². The van der Waals surface area contributed by atoms with Crippen LogP contribution in [0, 0.1) is 13.8 Å². The molecule has 0 unspecified atom stereocenters. The van der Waals surface area contributed by atoms with E-state index >= 15 is 0 Å². The Hall–Kier alpha value is -6.52. The SMILES string of the molecule is C=CC(=O)OCCCc1ccc(N(c2ccc(CCCOC(=O)C=C)cc2)c2ccc(C)c(C)c2)cc1.C=CC(=O)OC[SiH2]O[Si](O[SiH2]COC(=O)C=C)(O[SiH2]COC(=O)C=C)c1ccccc1. The number of carbonyl (C=O) groups is 5. The van der Waals surface area contributed by atoms with Crippen molar-refractivity contribution in [3.05, 3.63) is 183 Å². The van der Waals surface area contributed by atoms with E-state index < -0.39 is 56.0 Å². The standard InChI is InChI=1S/C32H35NO4.C18H26O9Si4/c1-5-31(34)36-21-7-9-26-12-17-28(18-13-26)33(30-16-11-24(3)25(4)23-30)29-19-14-27(15-20-29)10-8-22-37-32(35)6-2;1-4-16(19)22-12-28-25-31(15-10-8-7-9-11-15,26-29-13-23-17(20)5-2)27-30-14-24-18(21)6-3/h5-6,11-20,23H,1-2,7-10,21-22H2,3-4H3;4-11H,1-3,12-14,28-30H2. The lowest BCUT2D eigenvalue weighted by atomic mass is 10.1. The zero-order chi connectivity index (χ0) is 49.6. The number of nitrogens with zero attached hydrogens (tertiary/aromatic N) is 1. The molecule has 0 aliphatic rings. The zero-order valence-electron chi connectivity index (χ0n) is 38.9. The molecule has 4 rings (SSSR count). The van der Waals surface area contributed by atoms with Crippen molar-refractivity contribution in [3.63, 3.8) is 0 Å². The number of anilines is 3. The fourth-order valence-corrected chi connectivity index (χ4v) is 17.0. The highest BCUT2D eigenvalue weighted by atomic mass is 28.5. The largest absolute Gasteiger partial charge is 0.504 e. The lowest BCUT2D eigenvalue weighted by Gasteiger charge is -2.31. The summed E-state index contributed by atoms with van der Waals surface area (Å²) in [5.41, 5.74) is 8.08. The summed E-state index contributed by atoms with van der Waals surface area (Å²) in [6.07, 6.45) is 9.09. The predicted octanol–water partition coefficient (Wildman–Crippen LogP) is 5.29. The molecule has 0 atom stereocenters. The molecule has 68 heavy (non-hydrogen) atoms. The first-order valence-corrected chi connectivity index (χ1v) is 28.3. The molecular weight excluding hydrogens is 935 g/mol. The van der Waals surface area contributed by atoms with E-state index in [4.69, 9.17) is 36.0 Å². The summed E-state index contributed by atoms with van der Waals surface area (Å²) in [4.78, 5) is 58.5. The van der Waals surface area contributed by atoms with Crippen molar-refractivity contribution < 1.29 is 60.0 Å². The molecule has 14 nitrogen and oxygen atoms in total. The Balaban J connectivity index is 0.000000367. The summed E-state index contributed by atoms with van der Waals surface area (Å²) >= 11 is 0. The molecule has 0 heterocycles. The summed E-state index contributed by atoms with van der Waals surface area (Å²) in [5.74, 6) is -2.40. The van der Waals surface area contributed by atoms with Crippen LogP contribution in [0.15, 0.2) is 160 Å². The summed E-state index contributed by atoms with van der Waals surface area (Å²) in [6, 6.07) is 32.6. The second kappa shape index (κ2) is 31.5. The predicted molar refractivity (Wildman–Crippen MR) is 274 cm³/mol. The van der Waals surface area contributed by atoms with Crippen molar-refractivity contribution in [2.75, 3.05) is 36.8 Å². The second-order valence-corrected chi connectivity index (χ2v) is 22.1. The van der Waals surface area contributed by atoms with Crippen LogP contribution in [0.1, 0.15) is 35.1 Å².